The van der Waals surface area contributed by atoms with E-state index < -0.39 is 0 Å². The largest absolute Gasteiger partial charge is 0.395 e. The summed E-state index contributed by atoms with van der Waals surface area (Å²) in [5.41, 5.74) is 0.477. The summed E-state index contributed by atoms with van der Waals surface area (Å²) in [6.45, 7) is 0.230. The number of aromatic nitrogens is 2. The highest BCUT2D eigenvalue weighted by Gasteiger charge is 2.11. The molecule has 0 unspecified atom stereocenters. The topological polar surface area (TPSA) is 69.5 Å². The molecular weight excluding hydrogens is 206 g/mol. The molecule has 1 rings (SSSR count). The summed E-state index contributed by atoms with van der Waals surface area (Å²) in [5, 5.41) is 18.1. The van der Waals surface area contributed by atoms with Gasteiger partial charge in [0.15, 0.2) is 0 Å². The Hall–Kier alpha value is -0.910. The number of hydrogen-bond donors (Lipinski definition) is 2. The molecule has 0 saturated heterocycles. The monoisotopic (exact) mass is 217 g/mol. The van der Waals surface area contributed by atoms with Crippen molar-refractivity contribution in [1.82, 2.24) is 9.97 Å². The lowest BCUT2D eigenvalue weighted by Crippen LogP contribution is -2.23. The summed E-state index contributed by atoms with van der Waals surface area (Å²) in [6.07, 6.45) is 1.32. The molecule has 0 atom stereocenters. The van der Waals surface area contributed by atoms with E-state index in [1.54, 1.807) is 11.9 Å². The maximum atomic E-state index is 9.06. The Morgan fingerprint density at radius 2 is 2.14 bits per heavy atom. The van der Waals surface area contributed by atoms with E-state index in [0.717, 1.165) is 0 Å². The van der Waals surface area contributed by atoms with E-state index in [2.05, 4.69) is 9.97 Å². The van der Waals surface area contributed by atoms with Crippen molar-refractivity contribution >= 4 is 17.4 Å². The number of nitrogens with zero attached hydrogens (tertiary/aromatic N) is 3. The molecule has 1 aromatic rings. The summed E-state index contributed by atoms with van der Waals surface area (Å²) in [4.78, 5) is 9.45. The average Bonchev–Trinajstić information content (AvgIpc) is 2.17. The highest BCUT2D eigenvalue weighted by atomic mass is 35.5. The lowest BCUT2D eigenvalue weighted by atomic mass is 10.3. The molecule has 6 heteroatoms. The molecule has 0 fully saturated rings. The molecule has 0 spiro atoms. The molecule has 14 heavy (non-hydrogen) atoms. The highest BCUT2D eigenvalue weighted by Crippen LogP contribution is 2.21. The van der Waals surface area contributed by atoms with Gasteiger partial charge in [0.1, 0.15) is 17.3 Å². The zero-order valence-electron chi connectivity index (χ0n) is 7.81. The van der Waals surface area contributed by atoms with Crippen LogP contribution in [0.5, 0.6) is 0 Å². The van der Waals surface area contributed by atoms with Crippen molar-refractivity contribution in [2.75, 3.05) is 25.1 Å². The maximum absolute atomic E-state index is 9.06. The molecular formula is C8H12ClN3O2. The van der Waals surface area contributed by atoms with Gasteiger partial charge in [0.2, 0.25) is 0 Å². The van der Waals surface area contributed by atoms with E-state index >= 15 is 0 Å². The average molecular weight is 218 g/mol. The van der Waals surface area contributed by atoms with Gasteiger partial charge in [-0.1, -0.05) is 11.6 Å². The minimum Gasteiger partial charge on any atom is -0.395 e. The Morgan fingerprint density at radius 3 is 2.71 bits per heavy atom. The zero-order valence-corrected chi connectivity index (χ0v) is 8.57. The van der Waals surface area contributed by atoms with E-state index in [1.165, 1.54) is 6.33 Å². The molecule has 5 nitrogen and oxygen atoms in total. The van der Waals surface area contributed by atoms with E-state index in [0.29, 0.717) is 17.9 Å². The smallest absolute Gasteiger partial charge is 0.140 e. The first-order chi connectivity index (χ1) is 6.70. The van der Waals surface area contributed by atoms with Crippen molar-refractivity contribution in [3.63, 3.8) is 0 Å². The fourth-order valence-corrected chi connectivity index (χ4v) is 1.29. The van der Waals surface area contributed by atoms with Crippen LogP contribution in [0.3, 0.4) is 0 Å². The van der Waals surface area contributed by atoms with Gasteiger partial charge in [0.25, 0.3) is 0 Å². The maximum Gasteiger partial charge on any atom is 0.140 e. The first kappa shape index (κ1) is 11.2. The molecule has 0 aliphatic rings. The van der Waals surface area contributed by atoms with Crippen LogP contribution in [0.15, 0.2) is 6.33 Å². The Kier molecular flexibility index (Phi) is 4.06. The molecule has 0 radical (unpaired) electrons. The third-order valence-electron chi connectivity index (χ3n) is 1.83. The highest BCUT2D eigenvalue weighted by molar-refractivity contribution is 6.30. The second-order valence-electron chi connectivity index (χ2n) is 2.77. The van der Waals surface area contributed by atoms with E-state index in [-0.39, 0.29) is 18.4 Å². The van der Waals surface area contributed by atoms with Crippen LogP contribution in [-0.2, 0) is 6.61 Å². The molecule has 2 N–H and O–H groups in total. The number of aliphatic hydroxyl groups is 2. The standard InChI is InChI=1S/C8H12ClN3O2/c1-12(2-3-13)8-6(4-14)7(9)10-5-11-8/h5,13-14H,2-4H2,1H3. The van der Waals surface area contributed by atoms with E-state index in [4.69, 9.17) is 21.8 Å². The van der Waals surface area contributed by atoms with Crippen molar-refractivity contribution in [3.8, 4) is 0 Å². The van der Waals surface area contributed by atoms with Crippen LogP contribution < -0.4 is 4.90 Å². The third-order valence-corrected chi connectivity index (χ3v) is 2.15. The first-order valence-corrected chi connectivity index (χ1v) is 4.50. The molecule has 0 saturated carbocycles. The van der Waals surface area contributed by atoms with Crippen LogP contribution in [0.1, 0.15) is 5.56 Å². The third kappa shape index (κ3) is 2.31. The molecule has 0 bridgehead atoms. The van der Waals surface area contributed by atoms with Crippen LogP contribution in [0, 0.1) is 0 Å². The van der Waals surface area contributed by atoms with Crippen molar-refractivity contribution in [2.45, 2.75) is 6.61 Å². The van der Waals surface area contributed by atoms with Crippen LogP contribution in [0.2, 0.25) is 5.15 Å². The molecule has 0 aliphatic heterocycles. The minimum absolute atomic E-state index is 0.0169. The Labute approximate surface area is 87.0 Å². The summed E-state index contributed by atoms with van der Waals surface area (Å²) in [5.74, 6) is 0.543. The Balaban J connectivity index is 3.00. The number of hydrogen-bond acceptors (Lipinski definition) is 5. The van der Waals surface area contributed by atoms with Gasteiger partial charge in [-0.15, -0.1) is 0 Å². The summed E-state index contributed by atoms with van der Waals surface area (Å²) >= 11 is 5.77. The molecule has 78 valence electrons. The molecule has 1 aromatic heterocycles. The number of anilines is 1. The lowest BCUT2D eigenvalue weighted by molar-refractivity contribution is 0.280. The predicted octanol–water partition coefficient (Wildman–Crippen LogP) is 0.0508. The fraction of sp³-hybridized carbons (Fsp3) is 0.500. The molecule has 0 aliphatic carbocycles. The van der Waals surface area contributed by atoms with Gasteiger partial charge in [-0.2, -0.15) is 0 Å². The molecule has 0 amide bonds. The van der Waals surface area contributed by atoms with Gasteiger partial charge in [-0.3, -0.25) is 0 Å². The van der Waals surface area contributed by atoms with Crippen LogP contribution in [0.25, 0.3) is 0 Å². The van der Waals surface area contributed by atoms with Gasteiger partial charge in [-0.25, -0.2) is 9.97 Å². The van der Waals surface area contributed by atoms with E-state index in [9.17, 15) is 0 Å². The Bertz CT molecular complexity index is 309. The first-order valence-electron chi connectivity index (χ1n) is 4.13. The van der Waals surface area contributed by atoms with Crippen molar-refractivity contribution in [3.05, 3.63) is 17.0 Å². The molecule has 0 aromatic carbocycles. The number of rotatable bonds is 4. The van der Waals surface area contributed by atoms with Gasteiger partial charge in [-0.05, 0) is 0 Å². The number of halogens is 1. The molecule has 1 heterocycles. The quantitative estimate of drug-likeness (QED) is 0.698. The summed E-state index contributed by atoms with van der Waals surface area (Å²) < 4.78 is 0. The predicted molar refractivity (Wildman–Crippen MR) is 53.3 cm³/mol. The van der Waals surface area contributed by atoms with Crippen molar-refractivity contribution < 1.29 is 10.2 Å². The zero-order chi connectivity index (χ0) is 10.6. The van der Waals surface area contributed by atoms with Crippen LogP contribution in [0.4, 0.5) is 5.82 Å². The van der Waals surface area contributed by atoms with Crippen LogP contribution >= 0.6 is 11.6 Å². The summed E-state index contributed by atoms with van der Waals surface area (Å²) in [7, 11) is 1.76. The van der Waals surface area contributed by atoms with Crippen LogP contribution in [-0.4, -0.2) is 40.4 Å². The van der Waals surface area contributed by atoms with Gasteiger partial charge in [0.05, 0.1) is 18.8 Å². The summed E-state index contributed by atoms with van der Waals surface area (Å²) in [6, 6.07) is 0. The second kappa shape index (κ2) is 5.09. The normalized spacial score (nSPS) is 10.3. The SMILES string of the molecule is CN(CCO)c1ncnc(Cl)c1CO. The van der Waals surface area contributed by atoms with Crippen molar-refractivity contribution in [2.24, 2.45) is 0 Å². The number of likely N-dealkylation sites (N-methyl/N-ethyl adjacent to an activating group) is 1. The Morgan fingerprint density at radius 1 is 1.43 bits per heavy atom. The number of aliphatic hydroxyl groups excluding tert-OH is 2. The van der Waals surface area contributed by atoms with Crippen molar-refractivity contribution in [1.29, 1.82) is 0 Å². The fourth-order valence-electron chi connectivity index (χ4n) is 1.10. The minimum atomic E-state index is -0.217. The van der Waals surface area contributed by atoms with E-state index in [1.807, 2.05) is 0 Å². The second-order valence-corrected chi connectivity index (χ2v) is 3.13. The van der Waals surface area contributed by atoms with Gasteiger partial charge in [0, 0.05) is 13.6 Å². The van der Waals surface area contributed by atoms with Gasteiger partial charge >= 0.3 is 0 Å². The van der Waals surface area contributed by atoms with Gasteiger partial charge < -0.3 is 15.1 Å². The lowest BCUT2D eigenvalue weighted by Gasteiger charge is -2.19.